The maximum absolute atomic E-state index is 12.9. The molecule has 1 heterocycles. The Bertz CT molecular complexity index is 414. The van der Waals surface area contributed by atoms with Gasteiger partial charge in [0.05, 0.1) is 5.56 Å². The van der Waals surface area contributed by atoms with Crippen molar-refractivity contribution in [3.05, 3.63) is 23.8 Å². The van der Waals surface area contributed by atoms with Crippen LogP contribution in [0.1, 0.15) is 18.4 Å². The van der Waals surface area contributed by atoms with E-state index >= 15 is 0 Å². The van der Waals surface area contributed by atoms with Crippen LogP contribution in [0.3, 0.4) is 0 Å². The molecular formula is C12H15F3N2O. The number of hydrogen-bond donors (Lipinski definition) is 2. The molecule has 2 rings (SSSR count). The molecule has 1 aromatic rings. The number of alkyl halides is 3. The van der Waals surface area contributed by atoms with Crippen LogP contribution in [0.5, 0.6) is 0 Å². The van der Waals surface area contributed by atoms with Crippen molar-refractivity contribution in [3.63, 3.8) is 0 Å². The van der Waals surface area contributed by atoms with Gasteiger partial charge in [-0.1, -0.05) is 0 Å². The molecule has 1 aromatic carbocycles. The average molecular weight is 260 g/mol. The first-order valence-electron chi connectivity index (χ1n) is 5.78. The number of anilines is 2. The van der Waals surface area contributed by atoms with Crippen LogP contribution >= 0.6 is 0 Å². The van der Waals surface area contributed by atoms with Gasteiger partial charge in [-0.3, -0.25) is 0 Å². The zero-order valence-corrected chi connectivity index (χ0v) is 9.76. The van der Waals surface area contributed by atoms with Crippen molar-refractivity contribution >= 4 is 11.4 Å². The third-order valence-electron chi connectivity index (χ3n) is 2.93. The molecule has 1 aliphatic rings. The number of hydrogen-bond acceptors (Lipinski definition) is 3. The van der Waals surface area contributed by atoms with E-state index in [1.807, 2.05) is 0 Å². The molecule has 0 atom stereocenters. The van der Waals surface area contributed by atoms with Crippen LogP contribution in [0.25, 0.3) is 0 Å². The van der Waals surface area contributed by atoms with Gasteiger partial charge < -0.3 is 15.8 Å². The molecule has 0 unspecified atom stereocenters. The summed E-state index contributed by atoms with van der Waals surface area (Å²) >= 11 is 0. The van der Waals surface area contributed by atoms with Crippen LogP contribution in [0.15, 0.2) is 18.2 Å². The minimum atomic E-state index is -4.40. The number of nitrogens with one attached hydrogen (secondary N) is 1. The monoisotopic (exact) mass is 260 g/mol. The van der Waals surface area contributed by atoms with E-state index in [1.165, 1.54) is 12.1 Å². The van der Waals surface area contributed by atoms with E-state index in [2.05, 4.69) is 5.32 Å². The Hall–Kier alpha value is -1.43. The normalized spacial score (nSPS) is 17.7. The molecule has 100 valence electrons. The maximum Gasteiger partial charge on any atom is 0.418 e. The Labute approximate surface area is 103 Å². The van der Waals surface area contributed by atoms with Crippen molar-refractivity contribution in [2.24, 2.45) is 0 Å². The molecule has 0 aliphatic carbocycles. The second-order valence-electron chi connectivity index (χ2n) is 4.33. The van der Waals surface area contributed by atoms with Crippen molar-refractivity contribution in [1.29, 1.82) is 0 Å². The fraction of sp³-hybridized carbons (Fsp3) is 0.500. The predicted molar refractivity (Wildman–Crippen MR) is 63.3 cm³/mol. The molecule has 1 aliphatic heterocycles. The van der Waals surface area contributed by atoms with Crippen LogP contribution < -0.4 is 11.1 Å². The van der Waals surface area contributed by atoms with Crippen LogP contribution in [0.2, 0.25) is 0 Å². The van der Waals surface area contributed by atoms with Gasteiger partial charge in [-0.15, -0.1) is 0 Å². The van der Waals surface area contributed by atoms with E-state index in [0.29, 0.717) is 26.1 Å². The van der Waals surface area contributed by atoms with Crippen molar-refractivity contribution in [2.75, 3.05) is 24.3 Å². The quantitative estimate of drug-likeness (QED) is 0.804. The summed E-state index contributed by atoms with van der Waals surface area (Å²) in [5.74, 6) is 0. The summed E-state index contributed by atoms with van der Waals surface area (Å²) in [5, 5.41) is 2.93. The average Bonchev–Trinajstić information content (AvgIpc) is 2.31. The van der Waals surface area contributed by atoms with Gasteiger partial charge in [0.15, 0.2) is 0 Å². The lowest BCUT2D eigenvalue weighted by Gasteiger charge is -2.26. The van der Waals surface area contributed by atoms with E-state index in [4.69, 9.17) is 10.5 Å². The Balaban J connectivity index is 2.21. The summed E-state index contributed by atoms with van der Waals surface area (Å²) in [5.41, 5.74) is 4.89. The first-order chi connectivity index (χ1) is 8.47. The molecule has 18 heavy (non-hydrogen) atoms. The summed E-state index contributed by atoms with van der Waals surface area (Å²) in [7, 11) is 0. The molecule has 1 saturated heterocycles. The van der Waals surface area contributed by atoms with Gasteiger partial charge in [-0.2, -0.15) is 13.2 Å². The highest BCUT2D eigenvalue weighted by Crippen LogP contribution is 2.36. The Morgan fingerprint density at radius 1 is 1.22 bits per heavy atom. The van der Waals surface area contributed by atoms with Crippen LogP contribution in [-0.2, 0) is 10.9 Å². The highest BCUT2D eigenvalue weighted by atomic mass is 19.4. The minimum absolute atomic E-state index is 0.0171. The van der Waals surface area contributed by atoms with E-state index in [1.54, 1.807) is 0 Å². The fourth-order valence-electron chi connectivity index (χ4n) is 1.98. The first-order valence-corrected chi connectivity index (χ1v) is 5.78. The van der Waals surface area contributed by atoms with E-state index < -0.39 is 11.7 Å². The van der Waals surface area contributed by atoms with Gasteiger partial charge >= 0.3 is 6.18 Å². The predicted octanol–water partition coefficient (Wildman–Crippen LogP) is 2.88. The SMILES string of the molecule is Nc1ccc(NC2CCOCC2)c(C(F)(F)F)c1. The zero-order valence-electron chi connectivity index (χ0n) is 9.76. The van der Waals surface area contributed by atoms with Crippen molar-refractivity contribution < 1.29 is 17.9 Å². The molecule has 3 nitrogen and oxygen atoms in total. The highest BCUT2D eigenvalue weighted by Gasteiger charge is 2.34. The highest BCUT2D eigenvalue weighted by molar-refractivity contribution is 5.59. The standard InChI is InChI=1S/C12H15F3N2O/c13-12(14,15)10-7-8(16)1-2-11(10)17-9-3-5-18-6-4-9/h1-2,7,9,17H,3-6,16H2. The Morgan fingerprint density at radius 2 is 1.89 bits per heavy atom. The second kappa shape index (κ2) is 5.06. The van der Waals surface area contributed by atoms with Crippen LogP contribution in [0, 0.1) is 0 Å². The van der Waals surface area contributed by atoms with E-state index in [-0.39, 0.29) is 17.4 Å². The summed E-state index contributed by atoms with van der Waals surface area (Å²) in [4.78, 5) is 0. The van der Waals surface area contributed by atoms with Gasteiger partial charge in [0.25, 0.3) is 0 Å². The van der Waals surface area contributed by atoms with E-state index in [0.717, 1.165) is 6.07 Å². The Morgan fingerprint density at radius 3 is 2.50 bits per heavy atom. The number of halogens is 3. The number of nitrogen functional groups attached to an aromatic ring is 1. The van der Waals surface area contributed by atoms with Gasteiger partial charge in [0.1, 0.15) is 0 Å². The summed E-state index contributed by atoms with van der Waals surface area (Å²) in [6.45, 7) is 1.15. The molecule has 0 bridgehead atoms. The van der Waals surface area contributed by atoms with Crippen LogP contribution in [-0.4, -0.2) is 19.3 Å². The topological polar surface area (TPSA) is 47.3 Å². The summed E-state index contributed by atoms with van der Waals surface area (Å²) < 4.78 is 43.8. The van der Waals surface area contributed by atoms with Crippen molar-refractivity contribution in [1.82, 2.24) is 0 Å². The lowest BCUT2D eigenvalue weighted by molar-refractivity contribution is -0.136. The lowest BCUT2D eigenvalue weighted by atomic mass is 10.1. The molecular weight excluding hydrogens is 245 g/mol. The molecule has 0 aromatic heterocycles. The number of benzene rings is 1. The molecule has 0 spiro atoms. The fourth-order valence-corrected chi connectivity index (χ4v) is 1.98. The molecule has 0 saturated carbocycles. The molecule has 6 heteroatoms. The zero-order chi connectivity index (χ0) is 13.2. The number of nitrogens with two attached hydrogens (primary N) is 1. The maximum atomic E-state index is 12.9. The lowest BCUT2D eigenvalue weighted by Crippen LogP contribution is -2.28. The number of rotatable bonds is 2. The van der Waals surface area contributed by atoms with Gasteiger partial charge in [-0.25, -0.2) is 0 Å². The van der Waals surface area contributed by atoms with E-state index in [9.17, 15) is 13.2 Å². The molecule has 0 amide bonds. The summed E-state index contributed by atoms with van der Waals surface area (Å²) in [6.07, 6.45) is -2.98. The molecule has 3 N–H and O–H groups in total. The number of ether oxygens (including phenoxy) is 1. The summed E-state index contributed by atoms with van der Waals surface area (Å²) in [6, 6.07) is 3.83. The van der Waals surface area contributed by atoms with Crippen molar-refractivity contribution in [3.8, 4) is 0 Å². The van der Waals surface area contributed by atoms with Gasteiger partial charge in [0.2, 0.25) is 0 Å². The van der Waals surface area contributed by atoms with Gasteiger partial charge in [0, 0.05) is 30.6 Å². The first kappa shape index (κ1) is 13.0. The van der Waals surface area contributed by atoms with Gasteiger partial charge in [-0.05, 0) is 31.0 Å². The largest absolute Gasteiger partial charge is 0.418 e. The smallest absolute Gasteiger partial charge is 0.399 e. The second-order valence-corrected chi connectivity index (χ2v) is 4.33. The third-order valence-corrected chi connectivity index (χ3v) is 2.93. The van der Waals surface area contributed by atoms with Crippen LogP contribution in [0.4, 0.5) is 24.5 Å². The molecule has 0 radical (unpaired) electrons. The van der Waals surface area contributed by atoms with Crippen molar-refractivity contribution in [2.45, 2.75) is 25.1 Å². The molecule has 1 fully saturated rings. The third kappa shape index (κ3) is 3.07. The Kier molecular flexibility index (Phi) is 3.65. The minimum Gasteiger partial charge on any atom is -0.399 e.